The highest BCUT2D eigenvalue weighted by Crippen LogP contribution is 2.17. The van der Waals surface area contributed by atoms with Gasteiger partial charge in [-0.15, -0.1) is 0 Å². The van der Waals surface area contributed by atoms with Crippen LogP contribution in [0.2, 0.25) is 0 Å². The molecule has 5 nitrogen and oxygen atoms in total. The molecule has 1 atom stereocenters. The van der Waals surface area contributed by atoms with E-state index in [2.05, 4.69) is 17.2 Å². The number of piperidine rings is 1. The number of pyridine rings is 1. The lowest BCUT2D eigenvalue weighted by Gasteiger charge is -2.34. The van der Waals surface area contributed by atoms with E-state index in [1.807, 2.05) is 4.90 Å². The summed E-state index contributed by atoms with van der Waals surface area (Å²) < 4.78 is 0. The monoisotopic (exact) mass is 263 g/mol. The number of carbonyl (C=O) groups is 1. The topological polar surface area (TPSA) is 65.5 Å². The van der Waals surface area contributed by atoms with Crippen LogP contribution in [-0.4, -0.2) is 46.6 Å². The van der Waals surface area contributed by atoms with Gasteiger partial charge in [0.25, 0.3) is 5.91 Å². The molecule has 5 heteroatoms. The molecule has 1 fully saturated rings. The zero-order valence-corrected chi connectivity index (χ0v) is 11.3. The van der Waals surface area contributed by atoms with E-state index in [9.17, 15) is 9.90 Å². The van der Waals surface area contributed by atoms with Crippen molar-refractivity contribution in [1.82, 2.24) is 15.2 Å². The lowest BCUT2D eigenvalue weighted by molar-refractivity contribution is 0.0648. The molecule has 0 bridgehead atoms. The van der Waals surface area contributed by atoms with Crippen molar-refractivity contribution >= 4 is 5.91 Å². The van der Waals surface area contributed by atoms with Crippen LogP contribution in [0.1, 0.15) is 36.5 Å². The van der Waals surface area contributed by atoms with Gasteiger partial charge in [0.05, 0.1) is 11.8 Å². The second-order valence-corrected chi connectivity index (χ2v) is 4.93. The second kappa shape index (κ2) is 6.52. The molecule has 1 aromatic rings. The van der Waals surface area contributed by atoms with Gasteiger partial charge in [0, 0.05) is 25.3 Å². The number of rotatable bonds is 4. The van der Waals surface area contributed by atoms with E-state index in [1.54, 1.807) is 0 Å². The van der Waals surface area contributed by atoms with Crippen LogP contribution in [0.25, 0.3) is 0 Å². The standard InChI is InChI=1S/C14H21N3O2/c1-2-6-17(12-4-3-5-15-9-12)14(19)11-7-13(18)10-16-8-11/h7-8,10,12,15,18H,2-6,9H2,1H3. The summed E-state index contributed by atoms with van der Waals surface area (Å²) in [4.78, 5) is 18.3. The average molecular weight is 263 g/mol. The van der Waals surface area contributed by atoms with Gasteiger partial charge in [-0.2, -0.15) is 0 Å². The largest absolute Gasteiger partial charge is 0.506 e. The fraction of sp³-hybridized carbons (Fsp3) is 0.571. The smallest absolute Gasteiger partial charge is 0.255 e. The molecule has 1 unspecified atom stereocenters. The van der Waals surface area contributed by atoms with E-state index in [0.717, 1.165) is 38.9 Å². The Hall–Kier alpha value is -1.62. The number of nitrogens with one attached hydrogen (secondary N) is 1. The van der Waals surface area contributed by atoms with Crippen LogP contribution in [-0.2, 0) is 0 Å². The molecule has 2 N–H and O–H groups in total. The summed E-state index contributed by atoms with van der Waals surface area (Å²) in [6.45, 7) is 4.68. The van der Waals surface area contributed by atoms with Gasteiger partial charge >= 0.3 is 0 Å². The summed E-state index contributed by atoms with van der Waals surface area (Å²) >= 11 is 0. The number of aromatic nitrogens is 1. The van der Waals surface area contributed by atoms with Crippen LogP contribution in [0.5, 0.6) is 5.75 Å². The first-order valence-electron chi connectivity index (χ1n) is 6.88. The Morgan fingerprint density at radius 3 is 3.05 bits per heavy atom. The van der Waals surface area contributed by atoms with Gasteiger partial charge in [0.1, 0.15) is 5.75 Å². The first kappa shape index (κ1) is 13.8. The summed E-state index contributed by atoms with van der Waals surface area (Å²) in [5.41, 5.74) is 0.457. The highest BCUT2D eigenvalue weighted by Gasteiger charge is 2.25. The minimum absolute atomic E-state index is 0.0315. The molecule has 0 saturated carbocycles. The molecule has 104 valence electrons. The van der Waals surface area contributed by atoms with E-state index >= 15 is 0 Å². The average Bonchev–Trinajstić information content (AvgIpc) is 2.45. The van der Waals surface area contributed by atoms with Crippen molar-refractivity contribution in [3.05, 3.63) is 24.0 Å². The van der Waals surface area contributed by atoms with Crippen LogP contribution < -0.4 is 5.32 Å². The Morgan fingerprint density at radius 1 is 1.58 bits per heavy atom. The van der Waals surface area contributed by atoms with Crippen LogP contribution in [0, 0.1) is 0 Å². The fourth-order valence-electron chi connectivity index (χ4n) is 2.50. The summed E-state index contributed by atoms with van der Waals surface area (Å²) in [6, 6.07) is 1.72. The van der Waals surface area contributed by atoms with Crippen molar-refractivity contribution in [2.75, 3.05) is 19.6 Å². The summed E-state index contributed by atoms with van der Waals surface area (Å²) in [5.74, 6) is -0.0111. The third kappa shape index (κ3) is 3.44. The molecule has 2 heterocycles. The lowest BCUT2D eigenvalue weighted by atomic mass is 10.0. The van der Waals surface area contributed by atoms with Crippen molar-refractivity contribution in [3.63, 3.8) is 0 Å². The Kier molecular flexibility index (Phi) is 4.74. The molecule has 0 spiro atoms. The number of hydrogen-bond donors (Lipinski definition) is 2. The second-order valence-electron chi connectivity index (χ2n) is 4.93. The number of carbonyl (C=O) groups excluding carboxylic acids is 1. The predicted octanol–water partition coefficient (Wildman–Crippen LogP) is 1.39. The molecule has 0 aliphatic carbocycles. The normalized spacial score (nSPS) is 19.1. The maximum atomic E-state index is 12.5. The van der Waals surface area contributed by atoms with Gasteiger partial charge in [0.15, 0.2) is 0 Å². The van der Waals surface area contributed by atoms with Gasteiger partial charge in [0.2, 0.25) is 0 Å². The highest BCUT2D eigenvalue weighted by molar-refractivity contribution is 5.94. The third-order valence-corrected chi connectivity index (χ3v) is 3.41. The Bertz CT molecular complexity index is 430. The molecule has 19 heavy (non-hydrogen) atoms. The summed E-state index contributed by atoms with van der Waals surface area (Å²) in [7, 11) is 0. The Morgan fingerprint density at radius 2 is 2.42 bits per heavy atom. The number of aromatic hydroxyl groups is 1. The molecule has 1 aliphatic heterocycles. The SMILES string of the molecule is CCCN(C(=O)c1cncc(O)c1)C1CCCNC1. The Labute approximate surface area is 113 Å². The van der Waals surface area contributed by atoms with Gasteiger partial charge in [-0.25, -0.2) is 0 Å². The van der Waals surface area contributed by atoms with Crippen LogP contribution in [0.15, 0.2) is 18.5 Å². The molecule has 2 rings (SSSR count). The van der Waals surface area contributed by atoms with Crippen LogP contribution in [0.3, 0.4) is 0 Å². The van der Waals surface area contributed by atoms with Gasteiger partial charge in [-0.3, -0.25) is 9.78 Å². The lowest BCUT2D eigenvalue weighted by Crippen LogP contribution is -2.49. The van der Waals surface area contributed by atoms with E-state index in [4.69, 9.17) is 0 Å². The van der Waals surface area contributed by atoms with Gasteiger partial charge in [-0.05, 0) is 31.9 Å². The predicted molar refractivity (Wildman–Crippen MR) is 73.1 cm³/mol. The number of amides is 1. The fourth-order valence-corrected chi connectivity index (χ4v) is 2.50. The van der Waals surface area contributed by atoms with E-state index in [1.165, 1.54) is 18.5 Å². The summed E-state index contributed by atoms with van der Waals surface area (Å²) in [6.07, 6.45) is 5.90. The Balaban J connectivity index is 2.15. The van der Waals surface area contributed by atoms with Gasteiger partial charge in [-0.1, -0.05) is 6.92 Å². The molecule has 0 aromatic carbocycles. The zero-order valence-electron chi connectivity index (χ0n) is 11.3. The molecule has 1 aliphatic rings. The minimum Gasteiger partial charge on any atom is -0.506 e. The van der Waals surface area contributed by atoms with Crippen molar-refractivity contribution < 1.29 is 9.90 Å². The maximum absolute atomic E-state index is 12.5. The van der Waals surface area contributed by atoms with E-state index in [-0.39, 0.29) is 17.7 Å². The number of hydrogen-bond acceptors (Lipinski definition) is 4. The number of nitrogens with zero attached hydrogens (tertiary/aromatic N) is 2. The van der Waals surface area contributed by atoms with Crippen molar-refractivity contribution in [3.8, 4) is 5.75 Å². The molecular formula is C14H21N3O2. The first-order chi connectivity index (χ1) is 9.22. The molecule has 1 saturated heterocycles. The zero-order chi connectivity index (χ0) is 13.7. The molecule has 1 amide bonds. The summed E-state index contributed by atoms with van der Waals surface area (Å²) in [5, 5.41) is 12.8. The van der Waals surface area contributed by atoms with Crippen molar-refractivity contribution in [2.24, 2.45) is 0 Å². The van der Waals surface area contributed by atoms with Gasteiger partial charge < -0.3 is 15.3 Å². The highest BCUT2D eigenvalue weighted by atomic mass is 16.3. The van der Waals surface area contributed by atoms with Crippen molar-refractivity contribution in [2.45, 2.75) is 32.2 Å². The molecule has 0 radical (unpaired) electrons. The van der Waals surface area contributed by atoms with E-state index < -0.39 is 0 Å². The van der Waals surface area contributed by atoms with Crippen LogP contribution in [0.4, 0.5) is 0 Å². The molecular weight excluding hydrogens is 242 g/mol. The quantitative estimate of drug-likeness (QED) is 0.861. The molecule has 1 aromatic heterocycles. The van der Waals surface area contributed by atoms with E-state index in [0.29, 0.717) is 5.56 Å². The first-order valence-corrected chi connectivity index (χ1v) is 6.88. The van der Waals surface area contributed by atoms with Crippen molar-refractivity contribution in [1.29, 1.82) is 0 Å². The maximum Gasteiger partial charge on any atom is 0.255 e. The third-order valence-electron chi connectivity index (χ3n) is 3.41. The minimum atomic E-state index is -0.0426. The van der Waals surface area contributed by atoms with Crippen LogP contribution >= 0.6 is 0 Å².